The van der Waals surface area contributed by atoms with Crippen molar-refractivity contribution in [3.05, 3.63) is 47.2 Å². The number of nitrogens with zero attached hydrogens (tertiary/aromatic N) is 2. The minimum Gasteiger partial charge on any atom is -0.361 e. The zero-order valence-electron chi connectivity index (χ0n) is 11.7. The molecule has 20 heavy (non-hydrogen) atoms. The zero-order valence-corrected chi connectivity index (χ0v) is 11.7. The number of amides is 1. The molecule has 1 aliphatic heterocycles. The van der Waals surface area contributed by atoms with Crippen molar-refractivity contribution in [1.29, 1.82) is 0 Å². The largest absolute Gasteiger partial charge is 0.361 e. The molecule has 5 heteroatoms. The lowest BCUT2D eigenvalue weighted by Crippen LogP contribution is -2.20. The van der Waals surface area contributed by atoms with Gasteiger partial charge in [0.1, 0.15) is 11.4 Å². The first-order valence-electron chi connectivity index (χ1n) is 6.87. The van der Waals surface area contributed by atoms with Crippen LogP contribution in [0.5, 0.6) is 0 Å². The van der Waals surface area contributed by atoms with Crippen LogP contribution >= 0.6 is 0 Å². The summed E-state index contributed by atoms with van der Waals surface area (Å²) in [5.74, 6) is 0.749. The average Bonchev–Trinajstić information content (AvgIpc) is 3.04. The highest BCUT2D eigenvalue weighted by molar-refractivity contribution is 6.00. The maximum atomic E-state index is 12.1. The van der Waals surface area contributed by atoms with Crippen molar-refractivity contribution in [2.75, 3.05) is 12.4 Å². The van der Waals surface area contributed by atoms with Crippen LogP contribution in [0.25, 0.3) is 0 Å². The summed E-state index contributed by atoms with van der Waals surface area (Å²) >= 11 is 0. The molecule has 0 saturated heterocycles. The van der Waals surface area contributed by atoms with E-state index in [1.54, 1.807) is 7.05 Å². The van der Waals surface area contributed by atoms with Crippen LogP contribution in [0.2, 0.25) is 0 Å². The molecule has 0 fully saturated rings. The average molecular weight is 270 g/mol. The summed E-state index contributed by atoms with van der Waals surface area (Å²) in [6.07, 6.45) is 0.750. The van der Waals surface area contributed by atoms with E-state index in [0.717, 1.165) is 24.5 Å². The molecule has 1 aliphatic rings. The Morgan fingerprint density at radius 2 is 2.20 bits per heavy atom. The van der Waals surface area contributed by atoms with Gasteiger partial charge in [-0.25, -0.2) is 4.68 Å². The molecule has 1 aromatic carbocycles. The maximum Gasteiger partial charge on any atom is 0.256 e. The van der Waals surface area contributed by atoms with Crippen molar-refractivity contribution in [2.24, 2.45) is 0 Å². The molecule has 5 nitrogen and oxygen atoms in total. The molecule has 1 atom stereocenters. The van der Waals surface area contributed by atoms with Crippen molar-refractivity contribution in [3.63, 3.8) is 0 Å². The summed E-state index contributed by atoms with van der Waals surface area (Å²) in [6.45, 7) is 2.77. The van der Waals surface area contributed by atoms with E-state index in [1.807, 2.05) is 29.8 Å². The molecule has 0 unspecified atom stereocenters. The minimum atomic E-state index is -0.0793. The minimum absolute atomic E-state index is 0.0793. The Morgan fingerprint density at radius 3 is 2.85 bits per heavy atom. The molecule has 1 aromatic heterocycles. The summed E-state index contributed by atoms with van der Waals surface area (Å²) in [5.41, 5.74) is 2.73. The molecule has 2 N–H and O–H groups in total. The molecule has 0 aliphatic carbocycles. The van der Waals surface area contributed by atoms with E-state index in [4.69, 9.17) is 0 Å². The van der Waals surface area contributed by atoms with Gasteiger partial charge in [0, 0.05) is 7.05 Å². The standard InChI is InChI=1S/C15H18N4O/c1-3-11-13(15(20)16-2)14-17-12(9-19(14)18-11)10-7-5-4-6-8-10/h4-8,12,17H,3,9H2,1-2H3,(H,16,20)/t12-/m0/s1. The number of rotatable bonds is 3. The Kier molecular flexibility index (Phi) is 3.18. The number of carbonyl (C=O) groups excluding carboxylic acids is 1. The normalized spacial score (nSPS) is 16.6. The monoisotopic (exact) mass is 270 g/mol. The van der Waals surface area contributed by atoms with E-state index < -0.39 is 0 Å². The lowest BCUT2D eigenvalue weighted by atomic mass is 10.1. The topological polar surface area (TPSA) is 59.0 Å². The number of hydrogen-bond acceptors (Lipinski definition) is 3. The van der Waals surface area contributed by atoms with E-state index in [1.165, 1.54) is 5.56 Å². The molecule has 2 heterocycles. The number of fused-ring (bicyclic) bond motifs is 1. The van der Waals surface area contributed by atoms with Crippen molar-refractivity contribution < 1.29 is 4.79 Å². The molecule has 0 radical (unpaired) electrons. The van der Waals surface area contributed by atoms with Crippen LogP contribution in [0, 0.1) is 0 Å². The molecule has 1 amide bonds. The van der Waals surface area contributed by atoms with Crippen molar-refractivity contribution in [3.8, 4) is 0 Å². The Morgan fingerprint density at radius 1 is 1.45 bits per heavy atom. The third-order valence-electron chi connectivity index (χ3n) is 3.68. The maximum absolute atomic E-state index is 12.1. The van der Waals surface area contributed by atoms with Crippen molar-refractivity contribution >= 4 is 11.7 Å². The number of anilines is 1. The molecule has 2 aromatic rings. The van der Waals surface area contributed by atoms with Gasteiger partial charge in [0.05, 0.1) is 18.3 Å². The highest BCUT2D eigenvalue weighted by atomic mass is 16.1. The van der Waals surface area contributed by atoms with Gasteiger partial charge in [-0.15, -0.1) is 0 Å². The Hall–Kier alpha value is -2.30. The molecule has 0 bridgehead atoms. The SMILES string of the molecule is CCc1nn2c(c1C(=O)NC)N[C@H](c1ccccc1)C2. The zero-order chi connectivity index (χ0) is 14.1. The van der Waals surface area contributed by atoms with Crippen LogP contribution in [0.1, 0.15) is 34.6 Å². The van der Waals surface area contributed by atoms with E-state index in [9.17, 15) is 4.79 Å². The number of hydrogen-bond donors (Lipinski definition) is 2. The molecular weight excluding hydrogens is 252 g/mol. The smallest absolute Gasteiger partial charge is 0.256 e. The molecule has 3 rings (SSSR count). The second-order valence-electron chi connectivity index (χ2n) is 4.89. The van der Waals surface area contributed by atoms with Crippen LogP contribution in [-0.4, -0.2) is 22.7 Å². The van der Waals surface area contributed by atoms with E-state index >= 15 is 0 Å². The van der Waals surface area contributed by atoms with Crippen LogP contribution < -0.4 is 10.6 Å². The van der Waals surface area contributed by atoms with Gasteiger partial charge in [0.2, 0.25) is 0 Å². The summed E-state index contributed by atoms with van der Waals surface area (Å²) in [7, 11) is 1.65. The van der Waals surface area contributed by atoms with Gasteiger partial charge in [-0.3, -0.25) is 4.79 Å². The number of carbonyl (C=O) groups is 1. The van der Waals surface area contributed by atoms with E-state index in [2.05, 4.69) is 27.9 Å². The Labute approximate surface area is 118 Å². The number of benzene rings is 1. The lowest BCUT2D eigenvalue weighted by molar-refractivity contribution is 0.0963. The lowest BCUT2D eigenvalue weighted by Gasteiger charge is -2.11. The van der Waals surface area contributed by atoms with Crippen molar-refractivity contribution in [2.45, 2.75) is 25.9 Å². The van der Waals surface area contributed by atoms with E-state index in [-0.39, 0.29) is 11.9 Å². The molecule has 104 valence electrons. The highest BCUT2D eigenvalue weighted by Gasteiger charge is 2.30. The highest BCUT2D eigenvalue weighted by Crippen LogP contribution is 2.33. The Bertz CT molecular complexity index is 633. The fourth-order valence-electron chi connectivity index (χ4n) is 2.66. The fraction of sp³-hybridized carbons (Fsp3) is 0.333. The molecule has 0 spiro atoms. The summed E-state index contributed by atoms with van der Waals surface area (Å²) in [6, 6.07) is 10.4. The fourth-order valence-corrected chi connectivity index (χ4v) is 2.66. The summed E-state index contributed by atoms with van der Waals surface area (Å²) in [4.78, 5) is 12.1. The molecule has 0 saturated carbocycles. The third-order valence-corrected chi connectivity index (χ3v) is 3.68. The van der Waals surface area contributed by atoms with Crippen molar-refractivity contribution in [1.82, 2.24) is 15.1 Å². The first kappa shape index (κ1) is 12.7. The predicted molar refractivity (Wildman–Crippen MR) is 77.8 cm³/mol. The van der Waals surface area contributed by atoms with Gasteiger partial charge < -0.3 is 10.6 Å². The summed E-state index contributed by atoms with van der Waals surface area (Å²) in [5, 5.41) is 10.7. The van der Waals surface area contributed by atoms with Gasteiger partial charge >= 0.3 is 0 Å². The van der Waals surface area contributed by atoms with Crippen LogP contribution in [-0.2, 0) is 13.0 Å². The van der Waals surface area contributed by atoms with E-state index in [0.29, 0.717) is 5.56 Å². The van der Waals surface area contributed by atoms with Gasteiger partial charge in [0.25, 0.3) is 5.91 Å². The van der Waals surface area contributed by atoms with Gasteiger partial charge in [-0.2, -0.15) is 5.10 Å². The third kappa shape index (κ3) is 1.95. The predicted octanol–water partition coefficient (Wildman–Crippen LogP) is 1.97. The van der Waals surface area contributed by atoms with Crippen LogP contribution in [0.3, 0.4) is 0 Å². The second-order valence-corrected chi connectivity index (χ2v) is 4.89. The Balaban J connectivity index is 1.95. The first-order valence-corrected chi connectivity index (χ1v) is 6.87. The number of nitrogens with one attached hydrogen (secondary N) is 2. The number of aromatic nitrogens is 2. The quantitative estimate of drug-likeness (QED) is 0.896. The van der Waals surface area contributed by atoms with Crippen LogP contribution in [0.15, 0.2) is 30.3 Å². The molecular formula is C15H18N4O. The second kappa shape index (κ2) is 5.00. The van der Waals surface area contributed by atoms with Gasteiger partial charge in [0.15, 0.2) is 0 Å². The van der Waals surface area contributed by atoms with Crippen LogP contribution in [0.4, 0.5) is 5.82 Å². The van der Waals surface area contributed by atoms with Gasteiger partial charge in [-0.05, 0) is 12.0 Å². The summed E-state index contributed by atoms with van der Waals surface area (Å²) < 4.78 is 1.90. The number of aryl methyl sites for hydroxylation is 1. The van der Waals surface area contributed by atoms with Gasteiger partial charge in [-0.1, -0.05) is 37.3 Å². The first-order chi connectivity index (χ1) is 9.74.